The van der Waals surface area contributed by atoms with Crippen molar-refractivity contribution in [1.82, 2.24) is 9.97 Å². The molecule has 2 aliphatic rings. The molecule has 1 radical (unpaired) electrons. The normalized spacial score (nSPS) is 14.9. The van der Waals surface area contributed by atoms with Gasteiger partial charge in [0.25, 0.3) is 0 Å². The molecule has 0 fully saturated rings. The number of aromatic amines is 2. The molecule has 0 saturated heterocycles. The molecule has 2 N–H and O–H groups in total. The Bertz CT molecular complexity index is 2310. The van der Waals surface area contributed by atoms with Crippen molar-refractivity contribution in [3.05, 3.63) is 166 Å². The first-order valence-electron chi connectivity index (χ1n) is 16.6. The Balaban J connectivity index is 1.13. The third kappa shape index (κ3) is 5.29. The van der Waals surface area contributed by atoms with E-state index in [1.165, 1.54) is 77.5 Å². The zero-order valence-electron chi connectivity index (χ0n) is 27.6. The molecule has 8 rings (SSSR count). The maximum absolute atomic E-state index is 4.55. The number of benzene rings is 4. The van der Waals surface area contributed by atoms with Crippen LogP contribution in [-0.2, 0) is 6.42 Å². The lowest BCUT2D eigenvalue weighted by Crippen LogP contribution is -2.32. The smallest absolute Gasteiger partial charge is 0.161 e. The maximum atomic E-state index is 4.55. The number of anilines is 1. The lowest BCUT2D eigenvalue weighted by molar-refractivity contribution is 1.19. The van der Waals surface area contributed by atoms with E-state index in [0.717, 1.165) is 29.5 Å². The molecule has 0 saturated carbocycles. The van der Waals surface area contributed by atoms with Crippen LogP contribution in [-0.4, -0.2) is 17.2 Å². The number of nitrogens with zero attached hydrogens (tertiary/aromatic N) is 1. The molecule has 4 aromatic carbocycles. The Labute approximate surface area is 288 Å². The largest absolute Gasteiger partial charge is 0.362 e. The molecule has 48 heavy (non-hydrogen) atoms. The fourth-order valence-corrected chi connectivity index (χ4v) is 8.42. The van der Waals surface area contributed by atoms with Crippen molar-refractivity contribution in [2.75, 3.05) is 4.31 Å². The summed E-state index contributed by atoms with van der Waals surface area (Å²) in [6.07, 6.45) is 12.9. The number of aryl methyl sites for hydroxylation is 3. The molecule has 6 aromatic rings. The van der Waals surface area contributed by atoms with Crippen molar-refractivity contribution in [2.24, 2.45) is 0 Å². The zero-order valence-corrected chi connectivity index (χ0v) is 28.4. The van der Waals surface area contributed by atoms with Gasteiger partial charge in [-0.15, -0.1) is 0 Å². The predicted molar refractivity (Wildman–Crippen MR) is 208 cm³/mol. The van der Waals surface area contributed by atoms with Gasteiger partial charge in [0.15, 0.2) is 7.28 Å². The third-order valence-electron chi connectivity index (χ3n) is 9.62. The van der Waals surface area contributed by atoms with Gasteiger partial charge in [0.2, 0.25) is 0 Å². The van der Waals surface area contributed by atoms with Gasteiger partial charge in [-0.2, -0.15) is 0 Å². The highest BCUT2D eigenvalue weighted by atomic mass is 32.2. The predicted octanol–water partition coefficient (Wildman–Crippen LogP) is 10.6. The molecular weight excluding hydrogens is 601 g/mol. The van der Waals surface area contributed by atoms with Crippen molar-refractivity contribution in [2.45, 2.75) is 38.4 Å². The molecule has 0 unspecified atom stereocenters. The van der Waals surface area contributed by atoms with Gasteiger partial charge in [-0.25, -0.2) is 0 Å². The summed E-state index contributed by atoms with van der Waals surface area (Å²) in [5.74, 6) is 0. The van der Waals surface area contributed by atoms with Gasteiger partial charge in [0.1, 0.15) is 0 Å². The number of hydrogen-bond acceptors (Lipinski definition) is 2. The summed E-state index contributed by atoms with van der Waals surface area (Å²) < 4.78 is 2.43. The van der Waals surface area contributed by atoms with Crippen LogP contribution < -0.4 is 9.77 Å². The Morgan fingerprint density at radius 1 is 0.812 bits per heavy atom. The fourth-order valence-electron chi connectivity index (χ4n) is 7.25. The molecule has 2 aromatic heterocycles. The van der Waals surface area contributed by atoms with Crippen molar-refractivity contribution >= 4 is 59.0 Å². The van der Waals surface area contributed by atoms with E-state index >= 15 is 0 Å². The molecule has 233 valence electrons. The second-order valence-electron chi connectivity index (χ2n) is 12.7. The maximum Gasteiger partial charge on any atom is 0.161 e. The average molecular weight is 639 g/mol. The van der Waals surface area contributed by atoms with Crippen molar-refractivity contribution in [1.29, 1.82) is 0 Å². The van der Waals surface area contributed by atoms with Gasteiger partial charge in [0.05, 0.1) is 5.69 Å². The van der Waals surface area contributed by atoms with Gasteiger partial charge in [-0.1, -0.05) is 115 Å². The molecule has 0 amide bonds. The van der Waals surface area contributed by atoms with E-state index in [9.17, 15) is 0 Å². The third-order valence-corrected chi connectivity index (χ3v) is 10.8. The molecule has 0 atom stereocenters. The van der Waals surface area contributed by atoms with Crippen molar-refractivity contribution in [3.8, 4) is 11.1 Å². The number of allylic oxidation sites excluding steroid dienone is 4. The van der Waals surface area contributed by atoms with Crippen LogP contribution in [0.2, 0.25) is 6.32 Å². The van der Waals surface area contributed by atoms with Crippen LogP contribution in [0, 0.1) is 20.8 Å². The van der Waals surface area contributed by atoms with E-state index in [-0.39, 0.29) is 0 Å². The van der Waals surface area contributed by atoms with E-state index in [0.29, 0.717) is 0 Å². The molecule has 0 bridgehead atoms. The Morgan fingerprint density at radius 3 is 2.46 bits per heavy atom. The van der Waals surface area contributed by atoms with Crippen molar-refractivity contribution in [3.63, 3.8) is 0 Å². The molecule has 5 heteroatoms. The van der Waals surface area contributed by atoms with E-state index in [2.05, 4.69) is 170 Å². The highest BCUT2D eigenvalue weighted by Crippen LogP contribution is 2.47. The van der Waals surface area contributed by atoms with Crippen LogP contribution in [0.3, 0.4) is 0 Å². The second-order valence-corrected chi connectivity index (χ2v) is 13.7. The number of aromatic nitrogens is 2. The Hall–Kier alpha value is -5.13. The first kappa shape index (κ1) is 30.2. The minimum absolute atomic E-state index is 0.821. The second kappa shape index (κ2) is 12.5. The Kier molecular flexibility index (Phi) is 7.86. The van der Waals surface area contributed by atoms with E-state index < -0.39 is 0 Å². The fraction of sp³-hybridized carbons (Fsp3) is 0.116. The van der Waals surface area contributed by atoms with E-state index in [1.807, 2.05) is 0 Å². The first-order valence-corrected chi connectivity index (χ1v) is 17.4. The number of rotatable bonds is 6. The summed E-state index contributed by atoms with van der Waals surface area (Å²) in [4.78, 5) is 8.56. The molecule has 0 spiro atoms. The monoisotopic (exact) mass is 638 g/mol. The van der Waals surface area contributed by atoms with Gasteiger partial charge >= 0.3 is 0 Å². The van der Waals surface area contributed by atoms with Gasteiger partial charge < -0.3 is 9.97 Å². The number of H-pyrrole nitrogens is 2. The summed E-state index contributed by atoms with van der Waals surface area (Å²) >= 11 is 1.80. The van der Waals surface area contributed by atoms with Crippen molar-refractivity contribution < 1.29 is 0 Å². The van der Waals surface area contributed by atoms with E-state index in [4.69, 9.17) is 0 Å². The Morgan fingerprint density at radius 2 is 1.58 bits per heavy atom. The minimum atomic E-state index is 0.821. The lowest BCUT2D eigenvalue weighted by atomic mass is 9.62. The van der Waals surface area contributed by atoms with Crippen LogP contribution in [0.25, 0.3) is 39.8 Å². The summed E-state index contributed by atoms with van der Waals surface area (Å²) in [5.41, 5.74) is 18.3. The molecular formula is C43H37BN3S. The highest BCUT2D eigenvalue weighted by molar-refractivity contribution is 8.01. The average Bonchev–Trinajstić information content (AvgIpc) is 3.54. The minimum Gasteiger partial charge on any atom is -0.362 e. The van der Waals surface area contributed by atoms with Gasteiger partial charge in [-0.05, 0) is 91.5 Å². The first-order chi connectivity index (χ1) is 23.5. The number of nitrogens with one attached hydrogen (secondary N) is 2. The number of para-hydroxylation sites is 2. The summed E-state index contributed by atoms with van der Waals surface area (Å²) in [7, 11) is 2.36. The molecule has 0 aliphatic carbocycles. The van der Waals surface area contributed by atoms with Gasteiger partial charge in [0, 0.05) is 55.3 Å². The molecule has 4 heterocycles. The zero-order chi connectivity index (χ0) is 32.8. The lowest BCUT2D eigenvalue weighted by Gasteiger charge is -2.33. The number of fused-ring (bicyclic) bond motifs is 2. The quantitative estimate of drug-likeness (QED) is 0.108. The topological polar surface area (TPSA) is 34.8 Å². The summed E-state index contributed by atoms with van der Waals surface area (Å²) in [5, 5.41) is 1.26. The SMILES string of the molecule is C=C1c2ccccc2SN2/C(=C/c3[nH]c4ccccc4c3C/C=C/C=C\c3c(C)[nH]c(C)c3-c3ccccc3C)C[B]c3cccc1c32. The van der Waals surface area contributed by atoms with Crippen LogP contribution in [0.5, 0.6) is 0 Å². The van der Waals surface area contributed by atoms with Crippen LogP contribution in [0.1, 0.15) is 44.9 Å². The summed E-state index contributed by atoms with van der Waals surface area (Å²) in [6.45, 7) is 11.1. The molecule has 3 nitrogen and oxygen atoms in total. The highest BCUT2D eigenvalue weighted by Gasteiger charge is 2.30. The van der Waals surface area contributed by atoms with Crippen LogP contribution >= 0.6 is 11.9 Å². The summed E-state index contributed by atoms with van der Waals surface area (Å²) in [6, 6.07) is 32.5. The van der Waals surface area contributed by atoms with E-state index in [1.54, 1.807) is 11.9 Å². The molecule has 2 aliphatic heterocycles. The standard InChI is InChI=1S/C43H37BN3S/c1-27-15-8-9-16-32(27)42-30(4)45-29(3)35(42)18-6-5-7-19-37-36-20-10-12-23-39(36)46-40(37)25-31-26-44-38-22-14-21-34-28(2)33-17-11-13-24-41(33)48-47(31)43(34)38/h5-18,20-25,45-46H,2,19,26H2,1,3-4H3/b7-5+,18-6-,31-25+. The van der Waals surface area contributed by atoms with Crippen LogP contribution in [0.15, 0.2) is 126 Å². The van der Waals surface area contributed by atoms with Crippen LogP contribution in [0.4, 0.5) is 5.69 Å². The number of hydrogen-bond donors (Lipinski definition) is 2. The van der Waals surface area contributed by atoms with Gasteiger partial charge in [-0.3, -0.25) is 4.31 Å².